The fraction of sp³-hybridized carbons (Fsp3) is 0.154. The molecule has 0 bridgehead atoms. The van der Waals surface area contributed by atoms with Gasteiger partial charge in [0.2, 0.25) is 0 Å². The van der Waals surface area contributed by atoms with Gasteiger partial charge in [-0.3, -0.25) is 4.79 Å². The van der Waals surface area contributed by atoms with E-state index in [0.29, 0.717) is 23.5 Å². The molecule has 0 saturated heterocycles. The fourth-order valence-electron chi connectivity index (χ4n) is 1.58. The third kappa shape index (κ3) is 3.48. The summed E-state index contributed by atoms with van der Waals surface area (Å²) >= 11 is 5.01. The smallest absolute Gasteiger partial charge is 0.251 e. The van der Waals surface area contributed by atoms with E-state index in [4.69, 9.17) is 10.5 Å². The van der Waals surface area contributed by atoms with E-state index in [-0.39, 0.29) is 5.91 Å². The number of nitrogens with one attached hydrogen (secondary N) is 1. The normalized spacial score (nSPS) is 10.2. The van der Waals surface area contributed by atoms with Crippen LogP contribution in [0.5, 0.6) is 5.75 Å². The fourth-order valence-corrected chi connectivity index (χ4v) is 3.02. The van der Waals surface area contributed by atoms with Crippen molar-refractivity contribution in [2.75, 3.05) is 12.8 Å². The van der Waals surface area contributed by atoms with Crippen molar-refractivity contribution in [3.63, 3.8) is 0 Å². The molecule has 0 aliphatic rings. The second-order valence-corrected chi connectivity index (χ2v) is 5.72. The molecule has 1 aromatic carbocycles. The molecule has 4 nitrogen and oxygen atoms in total. The summed E-state index contributed by atoms with van der Waals surface area (Å²) in [6.07, 6.45) is 0. The number of halogens is 1. The zero-order valence-corrected chi connectivity index (χ0v) is 12.7. The average molecular weight is 341 g/mol. The zero-order valence-electron chi connectivity index (χ0n) is 10.3. The Bertz CT molecular complexity index is 598. The van der Waals surface area contributed by atoms with E-state index in [1.807, 2.05) is 11.4 Å². The molecule has 3 N–H and O–H groups in total. The van der Waals surface area contributed by atoms with Crippen molar-refractivity contribution in [3.8, 4) is 5.75 Å². The van der Waals surface area contributed by atoms with Crippen molar-refractivity contribution >= 4 is 38.9 Å². The summed E-state index contributed by atoms with van der Waals surface area (Å²) in [7, 11) is 1.54. The molecular weight excluding hydrogens is 328 g/mol. The van der Waals surface area contributed by atoms with Crippen molar-refractivity contribution in [3.05, 3.63) is 44.6 Å². The van der Waals surface area contributed by atoms with Crippen LogP contribution in [0.3, 0.4) is 0 Å². The molecule has 0 fully saturated rings. The van der Waals surface area contributed by atoms with Gasteiger partial charge in [0.1, 0.15) is 5.75 Å². The number of hydrogen-bond acceptors (Lipinski definition) is 4. The number of nitrogen functional groups attached to an aromatic ring is 1. The molecule has 0 aliphatic carbocycles. The Morgan fingerprint density at radius 3 is 2.89 bits per heavy atom. The SMILES string of the molecule is COc1cc(N)cc(C(=O)NCc2sccc2Br)c1. The third-order valence-electron chi connectivity index (χ3n) is 2.53. The van der Waals surface area contributed by atoms with Crippen molar-refractivity contribution in [2.45, 2.75) is 6.54 Å². The van der Waals surface area contributed by atoms with E-state index in [0.717, 1.165) is 9.35 Å². The van der Waals surface area contributed by atoms with E-state index < -0.39 is 0 Å². The van der Waals surface area contributed by atoms with Gasteiger partial charge in [0.15, 0.2) is 0 Å². The van der Waals surface area contributed by atoms with Crippen molar-refractivity contribution in [1.82, 2.24) is 5.32 Å². The molecule has 1 amide bonds. The maximum atomic E-state index is 12.0. The van der Waals surface area contributed by atoms with Gasteiger partial charge >= 0.3 is 0 Å². The maximum Gasteiger partial charge on any atom is 0.251 e. The predicted octanol–water partition coefficient (Wildman–Crippen LogP) is 3.03. The van der Waals surface area contributed by atoms with Gasteiger partial charge < -0.3 is 15.8 Å². The Labute approximate surface area is 123 Å². The molecule has 2 rings (SSSR count). The van der Waals surface area contributed by atoms with Crippen LogP contribution in [-0.2, 0) is 6.54 Å². The van der Waals surface area contributed by atoms with Gasteiger partial charge in [-0.15, -0.1) is 11.3 Å². The van der Waals surface area contributed by atoms with E-state index in [1.54, 1.807) is 36.6 Å². The van der Waals surface area contributed by atoms with Crippen LogP contribution in [0.1, 0.15) is 15.2 Å². The molecule has 0 saturated carbocycles. The minimum atomic E-state index is -0.175. The number of anilines is 1. The lowest BCUT2D eigenvalue weighted by molar-refractivity contribution is 0.0951. The molecule has 100 valence electrons. The summed E-state index contributed by atoms with van der Waals surface area (Å²) in [6.45, 7) is 0.480. The number of methoxy groups -OCH3 is 1. The van der Waals surface area contributed by atoms with Crippen molar-refractivity contribution < 1.29 is 9.53 Å². The standard InChI is InChI=1S/C13H13BrN2O2S/c1-18-10-5-8(4-9(15)6-10)13(17)16-7-12-11(14)2-3-19-12/h2-6H,7,15H2,1H3,(H,16,17). The molecule has 19 heavy (non-hydrogen) atoms. The van der Waals surface area contributed by atoms with E-state index in [9.17, 15) is 4.79 Å². The monoisotopic (exact) mass is 340 g/mol. The second-order valence-electron chi connectivity index (χ2n) is 3.87. The molecule has 0 atom stereocenters. The summed E-state index contributed by atoms with van der Waals surface area (Å²) in [4.78, 5) is 13.1. The zero-order chi connectivity index (χ0) is 13.8. The van der Waals surface area contributed by atoms with Gasteiger partial charge in [0.05, 0.1) is 13.7 Å². The number of carbonyl (C=O) groups excluding carboxylic acids is 1. The lowest BCUT2D eigenvalue weighted by Crippen LogP contribution is -2.22. The van der Waals surface area contributed by atoms with Crippen LogP contribution in [0.4, 0.5) is 5.69 Å². The number of amides is 1. The topological polar surface area (TPSA) is 64.3 Å². The highest BCUT2D eigenvalue weighted by Crippen LogP contribution is 2.23. The maximum absolute atomic E-state index is 12.0. The lowest BCUT2D eigenvalue weighted by Gasteiger charge is -2.07. The Balaban J connectivity index is 2.08. The summed E-state index contributed by atoms with van der Waals surface area (Å²) in [5, 5.41) is 4.82. The van der Waals surface area contributed by atoms with Crippen LogP contribution >= 0.6 is 27.3 Å². The van der Waals surface area contributed by atoms with Crippen LogP contribution in [0.2, 0.25) is 0 Å². The van der Waals surface area contributed by atoms with Crippen molar-refractivity contribution in [1.29, 1.82) is 0 Å². The Morgan fingerprint density at radius 2 is 2.26 bits per heavy atom. The van der Waals surface area contributed by atoms with Crippen molar-refractivity contribution in [2.24, 2.45) is 0 Å². The summed E-state index contributed by atoms with van der Waals surface area (Å²) in [5.74, 6) is 0.397. The van der Waals surface area contributed by atoms with Gasteiger partial charge in [0.25, 0.3) is 5.91 Å². The average Bonchev–Trinajstić information content (AvgIpc) is 2.80. The number of benzene rings is 1. The summed E-state index contributed by atoms with van der Waals surface area (Å²) in [5.41, 5.74) is 6.71. The number of ether oxygens (including phenoxy) is 1. The Hall–Kier alpha value is -1.53. The molecule has 0 radical (unpaired) electrons. The number of carbonyl (C=O) groups is 1. The Morgan fingerprint density at radius 1 is 1.47 bits per heavy atom. The predicted molar refractivity (Wildman–Crippen MR) is 80.6 cm³/mol. The van der Waals surface area contributed by atoms with E-state index >= 15 is 0 Å². The molecule has 0 aliphatic heterocycles. The first-order valence-corrected chi connectivity index (χ1v) is 7.22. The van der Waals surface area contributed by atoms with E-state index in [1.165, 1.54) is 0 Å². The summed E-state index contributed by atoms with van der Waals surface area (Å²) < 4.78 is 6.09. The highest BCUT2D eigenvalue weighted by molar-refractivity contribution is 9.10. The highest BCUT2D eigenvalue weighted by Gasteiger charge is 2.09. The van der Waals surface area contributed by atoms with Gasteiger partial charge in [-0.05, 0) is 39.5 Å². The third-order valence-corrected chi connectivity index (χ3v) is 4.45. The minimum absolute atomic E-state index is 0.175. The van der Waals surface area contributed by atoms with Crippen LogP contribution in [-0.4, -0.2) is 13.0 Å². The molecule has 0 unspecified atom stereocenters. The second kappa shape index (κ2) is 6.08. The number of thiophene rings is 1. The number of rotatable bonds is 4. The highest BCUT2D eigenvalue weighted by atomic mass is 79.9. The quantitative estimate of drug-likeness (QED) is 0.840. The van der Waals surface area contributed by atoms with Gasteiger partial charge in [-0.25, -0.2) is 0 Å². The molecule has 1 aromatic heterocycles. The molecule has 0 spiro atoms. The molecule has 1 heterocycles. The number of nitrogens with two attached hydrogens (primary N) is 1. The van der Waals surface area contributed by atoms with E-state index in [2.05, 4.69) is 21.2 Å². The molecular formula is C13H13BrN2O2S. The minimum Gasteiger partial charge on any atom is -0.497 e. The first-order chi connectivity index (χ1) is 9.10. The van der Waals surface area contributed by atoms with Gasteiger partial charge in [-0.2, -0.15) is 0 Å². The Kier molecular flexibility index (Phi) is 4.44. The van der Waals surface area contributed by atoms with Crippen LogP contribution in [0.15, 0.2) is 34.1 Å². The van der Waals surface area contributed by atoms with Crippen LogP contribution < -0.4 is 15.8 Å². The first-order valence-electron chi connectivity index (χ1n) is 5.55. The van der Waals surface area contributed by atoms with Gasteiger partial charge in [-0.1, -0.05) is 0 Å². The van der Waals surface area contributed by atoms with Crippen LogP contribution in [0.25, 0.3) is 0 Å². The molecule has 2 aromatic rings. The lowest BCUT2D eigenvalue weighted by atomic mass is 10.1. The van der Waals surface area contributed by atoms with Gasteiger partial charge in [0, 0.05) is 26.7 Å². The first kappa shape index (κ1) is 13.9. The summed E-state index contributed by atoms with van der Waals surface area (Å²) in [6, 6.07) is 6.92. The molecule has 6 heteroatoms. The number of hydrogen-bond donors (Lipinski definition) is 2. The van der Waals surface area contributed by atoms with Crippen LogP contribution in [0, 0.1) is 0 Å². The largest absolute Gasteiger partial charge is 0.497 e.